The lowest BCUT2D eigenvalue weighted by Crippen LogP contribution is -2.31. The molecule has 0 aromatic carbocycles. The van der Waals surface area contributed by atoms with Gasteiger partial charge in [0.15, 0.2) is 0 Å². The van der Waals surface area contributed by atoms with E-state index in [-0.39, 0.29) is 17.6 Å². The highest BCUT2D eigenvalue weighted by Gasteiger charge is 2.28. The van der Waals surface area contributed by atoms with Crippen LogP contribution in [0.25, 0.3) is 0 Å². The van der Waals surface area contributed by atoms with Crippen molar-refractivity contribution in [2.24, 2.45) is 7.05 Å². The molecule has 1 unspecified atom stereocenters. The monoisotopic (exact) mass is 313 g/mol. The zero-order valence-corrected chi connectivity index (χ0v) is 13.2. The van der Waals surface area contributed by atoms with Gasteiger partial charge in [-0.25, -0.2) is 0 Å². The van der Waals surface area contributed by atoms with Crippen molar-refractivity contribution in [3.05, 3.63) is 58.3 Å². The van der Waals surface area contributed by atoms with Crippen molar-refractivity contribution >= 4 is 5.91 Å². The molecule has 2 aromatic rings. The molecule has 120 valence electrons. The van der Waals surface area contributed by atoms with Crippen LogP contribution in [0.2, 0.25) is 0 Å². The maximum Gasteiger partial charge on any atom is 0.255 e. The molecule has 0 N–H and O–H groups in total. The van der Waals surface area contributed by atoms with Crippen molar-refractivity contribution in [1.29, 1.82) is 0 Å². The molecule has 1 aliphatic rings. The van der Waals surface area contributed by atoms with Crippen LogP contribution in [0.4, 0.5) is 0 Å². The van der Waals surface area contributed by atoms with E-state index < -0.39 is 0 Å². The molecule has 1 saturated heterocycles. The summed E-state index contributed by atoms with van der Waals surface area (Å²) < 4.78 is 7.45. The summed E-state index contributed by atoms with van der Waals surface area (Å²) in [5.74, 6) is 0.524. The van der Waals surface area contributed by atoms with Crippen molar-refractivity contribution in [2.45, 2.75) is 19.4 Å². The van der Waals surface area contributed by atoms with Gasteiger partial charge in [-0.1, -0.05) is 0 Å². The number of amides is 1. The van der Waals surface area contributed by atoms with Crippen LogP contribution in [-0.2, 0) is 7.05 Å². The van der Waals surface area contributed by atoms with E-state index in [0.717, 1.165) is 12.1 Å². The first kappa shape index (κ1) is 15.3. The predicted molar refractivity (Wildman–Crippen MR) is 85.6 cm³/mol. The van der Waals surface area contributed by atoms with E-state index in [2.05, 4.69) is 4.98 Å². The number of likely N-dealkylation sites (tertiary alicyclic amines) is 1. The molecular weight excluding hydrogens is 294 g/mol. The predicted octanol–water partition coefficient (Wildman–Crippen LogP) is 1.38. The highest BCUT2D eigenvalue weighted by Crippen LogP contribution is 2.19. The third-order valence-electron chi connectivity index (χ3n) is 4.12. The van der Waals surface area contributed by atoms with Gasteiger partial charge >= 0.3 is 0 Å². The number of hydrogen-bond acceptors (Lipinski definition) is 4. The summed E-state index contributed by atoms with van der Waals surface area (Å²) in [7, 11) is 1.73. The van der Waals surface area contributed by atoms with Gasteiger partial charge in [0, 0.05) is 44.2 Å². The molecular formula is C17H19N3O3. The Balaban J connectivity index is 1.66. The summed E-state index contributed by atoms with van der Waals surface area (Å²) in [4.78, 5) is 29.9. The minimum atomic E-state index is -0.0960. The molecule has 1 aliphatic heterocycles. The fraction of sp³-hybridized carbons (Fsp3) is 0.353. The lowest BCUT2D eigenvalue weighted by Gasteiger charge is -2.17. The lowest BCUT2D eigenvalue weighted by molar-refractivity contribution is 0.0772. The number of rotatable bonds is 3. The van der Waals surface area contributed by atoms with Gasteiger partial charge in [0.05, 0.1) is 12.1 Å². The highest BCUT2D eigenvalue weighted by molar-refractivity contribution is 5.94. The van der Waals surface area contributed by atoms with Crippen LogP contribution in [0.3, 0.4) is 0 Å². The maximum absolute atomic E-state index is 12.4. The van der Waals surface area contributed by atoms with E-state index in [1.54, 1.807) is 41.0 Å². The Morgan fingerprint density at radius 1 is 1.39 bits per heavy atom. The molecule has 3 heterocycles. The summed E-state index contributed by atoms with van der Waals surface area (Å²) >= 11 is 0. The van der Waals surface area contributed by atoms with Gasteiger partial charge in [-0.3, -0.25) is 14.6 Å². The quantitative estimate of drug-likeness (QED) is 0.859. The number of hydrogen-bond donors (Lipinski definition) is 0. The van der Waals surface area contributed by atoms with Gasteiger partial charge in [0.2, 0.25) is 0 Å². The second kappa shape index (κ2) is 6.24. The SMILES string of the molecule is Cc1cc(OC2CCN(C(=O)c3cccnc3)C2)cc(=O)n1C. The van der Waals surface area contributed by atoms with Crippen LogP contribution in [0.1, 0.15) is 22.5 Å². The van der Waals surface area contributed by atoms with Gasteiger partial charge in [0.25, 0.3) is 11.5 Å². The van der Waals surface area contributed by atoms with Gasteiger partial charge in [0.1, 0.15) is 11.9 Å². The Hall–Kier alpha value is -2.63. The van der Waals surface area contributed by atoms with E-state index in [1.165, 1.54) is 6.07 Å². The number of ether oxygens (including phenoxy) is 1. The Morgan fingerprint density at radius 2 is 2.22 bits per heavy atom. The van der Waals surface area contributed by atoms with Crippen molar-refractivity contribution < 1.29 is 9.53 Å². The molecule has 0 spiro atoms. The first-order valence-corrected chi connectivity index (χ1v) is 7.58. The van der Waals surface area contributed by atoms with Gasteiger partial charge < -0.3 is 14.2 Å². The van der Waals surface area contributed by atoms with Crippen LogP contribution >= 0.6 is 0 Å². The van der Waals surface area contributed by atoms with Gasteiger partial charge in [-0.05, 0) is 25.1 Å². The van der Waals surface area contributed by atoms with Crippen LogP contribution in [0, 0.1) is 6.92 Å². The molecule has 23 heavy (non-hydrogen) atoms. The molecule has 0 radical (unpaired) electrons. The Morgan fingerprint density at radius 3 is 2.91 bits per heavy atom. The van der Waals surface area contributed by atoms with Gasteiger partial charge in [-0.15, -0.1) is 0 Å². The topological polar surface area (TPSA) is 64.4 Å². The lowest BCUT2D eigenvalue weighted by atomic mass is 10.2. The van der Waals surface area contributed by atoms with Crippen molar-refractivity contribution in [2.75, 3.05) is 13.1 Å². The van der Waals surface area contributed by atoms with E-state index >= 15 is 0 Å². The third-order valence-corrected chi connectivity index (χ3v) is 4.12. The number of pyridine rings is 2. The second-order valence-corrected chi connectivity index (χ2v) is 5.75. The standard InChI is InChI=1S/C17H19N3O3/c1-12-8-15(9-16(21)19(12)2)23-14-5-7-20(11-14)17(22)13-4-3-6-18-10-13/h3-4,6,8-10,14H,5,7,11H2,1-2H3. The highest BCUT2D eigenvalue weighted by atomic mass is 16.5. The Kier molecular flexibility index (Phi) is 4.14. The molecule has 2 aromatic heterocycles. The van der Waals surface area contributed by atoms with E-state index in [9.17, 15) is 9.59 Å². The fourth-order valence-electron chi connectivity index (χ4n) is 2.68. The van der Waals surface area contributed by atoms with Crippen LogP contribution < -0.4 is 10.3 Å². The number of carbonyl (C=O) groups excluding carboxylic acids is 1. The average molecular weight is 313 g/mol. The number of carbonyl (C=O) groups is 1. The molecule has 6 nitrogen and oxygen atoms in total. The van der Waals surface area contributed by atoms with E-state index in [4.69, 9.17) is 4.74 Å². The number of aryl methyl sites for hydroxylation is 1. The molecule has 6 heteroatoms. The van der Waals surface area contributed by atoms with Crippen molar-refractivity contribution in [3.63, 3.8) is 0 Å². The second-order valence-electron chi connectivity index (χ2n) is 5.75. The summed E-state index contributed by atoms with van der Waals surface area (Å²) in [5, 5.41) is 0. The number of aromatic nitrogens is 2. The van der Waals surface area contributed by atoms with E-state index in [0.29, 0.717) is 24.4 Å². The molecule has 0 bridgehead atoms. The summed E-state index contributed by atoms with van der Waals surface area (Å²) in [5.41, 5.74) is 1.33. The smallest absolute Gasteiger partial charge is 0.255 e. The Bertz CT molecular complexity index is 770. The summed E-state index contributed by atoms with van der Waals surface area (Å²) in [6, 6.07) is 6.83. The van der Waals surface area contributed by atoms with Crippen LogP contribution in [0.5, 0.6) is 5.75 Å². The minimum Gasteiger partial charge on any atom is -0.488 e. The van der Waals surface area contributed by atoms with Crippen molar-refractivity contribution in [1.82, 2.24) is 14.5 Å². The largest absolute Gasteiger partial charge is 0.488 e. The summed E-state index contributed by atoms with van der Waals surface area (Å²) in [6.45, 7) is 3.02. The molecule has 1 amide bonds. The average Bonchev–Trinajstić information content (AvgIpc) is 3.01. The number of nitrogens with zero attached hydrogens (tertiary/aromatic N) is 3. The zero-order chi connectivity index (χ0) is 16.4. The normalized spacial score (nSPS) is 17.3. The fourth-order valence-corrected chi connectivity index (χ4v) is 2.68. The molecule has 0 aliphatic carbocycles. The first-order chi connectivity index (χ1) is 11.0. The zero-order valence-electron chi connectivity index (χ0n) is 13.2. The molecule has 3 rings (SSSR count). The summed E-state index contributed by atoms with van der Waals surface area (Å²) in [6.07, 6.45) is 3.87. The van der Waals surface area contributed by atoms with E-state index in [1.807, 2.05) is 13.0 Å². The van der Waals surface area contributed by atoms with Crippen molar-refractivity contribution in [3.8, 4) is 5.75 Å². The maximum atomic E-state index is 12.4. The molecule has 1 atom stereocenters. The molecule has 0 saturated carbocycles. The van der Waals surface area contributed by atoms with Crippen LogP contribution in [-0.4, -0.2) is 39.6 Å². The minimum absolute atomic E-state index is 0.0376. The Labute approximate surface area is 134 Å². The molecule has 1 fully saturated rings. The third kappa shape index (κ3) is 3.26. The van der Waals surface area contributed by atoms with Crippen LogP contribution in [0.15, 0.2) is 41.5 Å². The van der Waals surface area contributed by atoms with Gasteiger partial charge in [-0.2, -0.15) is 0 Å². The first-order valence-electron chi connectivity index (χ1n) is 7.58.